The molecule has 2 saturated heterocycles. The first-order valence-corrected chi connectivity index (χ1v) is 13.9. The molecular formula is C19H25N11O4S2. The Balaban J connectivity index is 1.71. The molecule has 0 spiro atoms. The number of rotatable bonds is 7. The van der Waals surface area contributed by atoms with E-state index in [9.17, 15) is 16.8 Å². The number of nitrogens with two attached hydrogens (primary N) is 2. The Hall–Kier alpha value is -3.00. The van der Waals surface area contributed by atoms with Gasteiger partial charge in [0, 0.05) is 23.7 Å². The zero-order valence-corrected chi connectivity index (χ0v) is 20.4. The van der Waals surface area contributed by atoms with Crippen LogP contribution < -0.4 is 42.8 Å². The molecule has 15 nitrogen and oxygen atoms in total. The highest BCUT2D eigenvalue weighted by molar-refractivity contribution is 7.92. The second kappa shape index (κ2) is 9.47. The number of nitrogens with zero attached hydrogens (tertiary/aromatic N) is 2. The highest BCUT2D eigenvalue weighted by Gasteiger charge is 2.35. The molecule has 0 bridgehead atoms. The van der Waals surface area contributed by atoms with Gasteiger partial charge in [0.15, 0.2) is 5.95 Å². The maximum Gasteiger partial charge on any atom is 0.242 e. The van der Waals surface area contributed by atoms with Crippen molar-refractivity contribution in [3.63, 3.8) is 0 Å². The molecule has 0 aliphatic carbocycles. The van der Waals surface area contributed by atoms with Crippen molar-refractivity contribution >= 4 is 26.0 Å². The van der Waals surface area contributed by atoms with Gasteiger partial charge in [-0.3, -0.25) is 0 Å². The fourth-order valence-corrected chi connectivity index (χ4v) is 7.16. The Kier molecular flexibility index (Phi) is 6.49. The third kappa shape index (κ3) is 4.83. The molecule has 0 unspecified atom stereocenters. The molecule has 2 aliphatic heterocycles. The highest BCUT2D eigenvalue weighted by Crippen LogP contribution is 2.36. The Morgan fingerprint density at radius 3 is 2.42 bits per heavy atom. The average Bonchev–Trinajstić information content (AvgIpc) is 3.61. The molecule has 2 aliphatic rings. The number of sulfonamides is 2. The van der Waals surface area contributed by atoms with Crippen LogP contribution in [0.1, 0.15) is 18.2 Å². The van der Waals surface area contributed by atoms with Crippen LogP contribution in [0.4, 0.5) is 5.95 Å². The number of benzene rings is 1. The molecular weight excluding hydrogens is 510 g/mol. The van der Waals surface area contributed by atoms with Crippen molar-refractivity contribution in [3.8, 4) is 22.6 Å². The number of pyridine rings is 1. The number of nitrogen functional groups attached to an aromatic ring is 1. The van der Waals surface area contributed by atoms with E-state index in [0.29, 0.717) is 42.2 Å². The van der Waals surface area contributed by atoms with E-state index in [1.807, 2.05) is 0 Å². The first-order chi connectivity index (χ1) is 17.1. The van der Waals surface area contributed by atoms with Crippen molar-refractivity contribution in [1.29, 1.82) is 0 Å². The van der Waals surface area contributed by atoms with Gasteiger partial charge < -0.3 is 16.0 Å². The lowest BCUT2D eigenvalue weighted by molar-refractivity contribution is 0.530. The number of imidazole rings is 1. The number of hydrogen-bond donors (Lipinski definition) is 9. The second-order valence-corrected chi connectivity index (χ2v) is 11.5. The molecule has 5 rings (SSSR count). The summed E-state index contributed by atoms with van der Waals surface area (Å²) in [5, 5.41) is 8.69. The van der Waals surface area contributed by atoms with Crippen molar-refractivity contribution in [2.45, 2.75) is 28.4 Å². The summed E-state index contributed by atoms with van der Waals surface area (Å²) in [5.41, 5.74) is 18.4. The van der Waals surface area contributed by atoms with E-state index in [2.05, 4.69) is 46.9 Å². The third-order valence-electron chi connectivity index (χ3n) is 5.80. The molecule has 17 heteroatoms. The van der Waals surface area contributed by atoms with E-state index in [-0.39, 0.29) is 17.6 Å². The number of aromatic amines is 1. The van der Waals surface area contributed by atoms with E-state index < -0.39 is 36.0 Å². The number of nitrogens with one attached hydrogen (secondary N) is 7. The molecule has 0 amide bonds. The molecule has 192 valence electrons. The largest absolute Gasteiger partial charge is 0.369 e. The predicted octanol–water partition coefficient (Wildman–Crippen LogP) is -1.88. The summed E-state index contributed by atoms with van der Waals surface area (Å²) in [6.07, 6.45) is 1.21. The molecule has 4 heterocycles. The number of primary sulfonamides is 1. The minimum absolute atomic E-state index is 0.0659. The average molecular weight is 536 g/mol. The van der Waals surface area contributed by atoms with Gasteiger partial charge in [-0.1, -0.05) is 12.1 Å². The van der Waals surface area contributed by atoms with Gasteiger partial charge in [0.1, 0.15) is 16.0 Å². The zero-order chi connectivity index (χ0) is 25.5. The smallest absolute Gasteiger partial charge is 0.242 e. The Morgan fingerprint density at radius 1 is 1.03 bits per heavy atom. The van der Waals surface area contributed by atoms with Gasteiger partial charge in [-0.15, -0.1) is 0 Å². The van der Waals surface area contributed by atoms with Crippen molar-refractivity contribution in [1.82, 2.24) is 46.9 Å². The van der Waals surface area contributed by atoms with E-state index in [1.54, 1.807) is 18.2 Å². The highest BCUT2D eigenvalue weighted by atomic mass is 32.2. The summed E-state index contributed by atoms with van der Waals surface area (Å²) in [5.74, 6) is 0.213. The van der Waals surface area contributed by atoms with Crippen molar-refractivity contribution in [2.75, 3.05) is 18.8 Å². The first kappa shape index (κ1) is 24.7. The van der Waals surface area contributed by atoms with E-state index in [4.69, 9.17) is 10.9 Å². The topological polar surface area (TPSA) is 234 Å². The molecule has 0 saturated carbocycles. The SMILES string of the molecule is Nc1ncc(-c2cccc(-c3ccc(S(=O)(=O)N[C@@H]4CCNC4)c(S(N)(=O)=O)c3C3NNNN3)n2)[nH]1. The van der Waals surface area contributed by atoms with Crippen LogP contribution in [0.5, 0.6) is 0 Å². The number of anilines is 1. The monoisotopic (exact) mass is 535 g/mol. The van der Waals surface area contributed by atoms with Crippen LogP contribution in [0.25, 0.3) is 22.6 Å². The minimum atomic E-state index is -4.54. The summed E-state index contributed by atoms with van der Waals surface area (Å²) in [6.45, 7) is 1.08. The third-order valence-corrected chi connectivity index (χ3v) is 8.50. The summed E-state index contributed by atoms with van der Waals surface area (Å²) in [4.78, 5) is 10.5. The zero-order valence-electron chi connectivity index (χ0n) is 18.7. The quantitative estimate of drug-likeness (QED) is 0.162. The molecule has 1 atom stereocenters. The van der Waals surface area contributed by atoms with Crippen LogP contribution in [0.2, 0.25) is 0 Å². The molecule has 2 aromatic heterocycles. The van der Waals surface area contributed by atoms with Crippen molar-refractivity contribution < 1.29 is 16.8 Å². The van der Waals surface area contributed by atoms with Gasteiger partial charge in [-0.2, -0.15) is 11.1 Å². The summed E-state index contributed by atoms with van der Waals surface area (Å²) in [6, 6.07) is 7.46. The van der Waals surface area contributed by atoms with Crippen LogP contribution in [0, 0.1) is 0 Å². The maximum atomic E-state index is 13.3. The molecule has 1 aromatic carbocycles. The van der Waals surface area contributed by atoms with Gasteiger partial charge in [-0.25, -0.2) is 47.5 Å². The first-order valence-electron chi connectivity index (χ1n) is 10.9. The summed E-state index contributed by atoms with van der Waals surface area (Å²) >= 11 is 0. The lowest BCUT2D eigenvalue weighted by Crippen LogP contribution is -2.38. The van der Waals surface area contributed by atoms with Crippen molar-refractivity contribution in [2.24, 2.45) is 5.14 Å². The van der Waals surface area contributed by atoms with E-state index in [0.717, 1.165) is 0 Å². The second-order valence-electron chi connectivity index (χ2n) is 8.27. The summed E-state index contributed by atoms with van der Waals surface area (Å²) in [7, 11) is -8.79. The Labute approximate surface area is 206 Å². The standard InChI is InChI=1S/C19H25N11O4S2/c20-19-23-9-14(25-19)13-3-1-2-12(24-13)11-4-5-15(36(33,34)28-10-6-7-22-8-10)17(35(21,31)32)16(11)18-26-29-30-27-18/h1-5,9-10,18,22,26-30H,6-8H2,(H3,20,23,25)(H2,21,31,32)/t10-/m1/s1. The normalized spacial score (nSPS) is 19.2. The number of hydrazine groups is 3. The maximum absolute atomic E-state index is 13.3. The lowest BCUT2D eigenvalue weighted by Gasteiger charge is -2.22. The Morgan fingerprint density at radius 2 is 1.78 bits per heavy atom. The van der Waals surface area contributed by atoms with Gasteiger partial charge in [0.05, 0.1) is 23.3 Å². The van der Waals surface area contributed by atoms with E-state index in [1.165, 1.54) is 18.3 Å². The molecule has 2 fully saturated rings. The fourth-order valence-electron chi connectivity index (χ4n) is 4.23. The van der Waals surface area contributed by atoms with Gasteiger partial charge in [-0.05, 0) is 31.2 Å². The van der Waals surface area contributed by atoms with Crippen LogP contribution in [0.15, 0.2) is 46.3 Å². The van der Waals surface area contributed by atoms with E-state index >= 15 is 0 Å². The predicted molar refractivity (Wildman–Crippen MR) is 130 cm³/mol. The Bertz CT molecular complexity index is 1500. The lowest BCUT2D eigenvalue weighted by atomic mass is 10.0. The number of H-pyrrole nitrogens is 1. The van der Waals surface area contributed by atoms with Crippen LogP contribution in [0.3, 0.4) is 0 Å². The van der Waals surface area contributed by atoms with Gasteiger partial charge >= 0.3 is 0 Å². The fraction of sp³-hybridized carbons (Fsp3) is 0.263. The van der Waals surface area contributed by atoms with Crippen molar-refractivity contribution in [3.05, 3.63) is 42.1 Å². The molecule has 0 radical (unpaired) electrons. The van der Waals surface area contributed by atoms with Gasteiger partial charge in [0.2, 0.25) is 20.0 Å². The molecule has 3 aromatic rings. The van der Waals surface area contributed by atoms with Crippen LogP contribution >= 0.6 is 0 Å². The summed E-state index contributed by atoms with van der Waals surface area (Å²) < 4.78 is 55.1. The van der Waals surface area contributed by atoms with Crippen LogP contribution in [-0.2, 0) is 20.0 Å². The van der Waals surface area contributed by atoms with Gasteiger partial charge in [0.25, 0.3) is 0 Å². The number of aromatic nitrogens is 3. The molecule has 36 heavy (non-hydrogen) atoms. The molecule has 11 N–H and O–H groups in total. The van der Waals surface area contributed by atoms with Crippen LogP contribution in [-0.4, -0.2) is 50.9 Å². The number of hydrogen-bond acceptors (Lipinski definition) is 12. The minimum Gasteiger partial charge on any atom is -0.369 e.